The minimum atomic E-state index is -0.684. The number of ether oxygens (including phenoxy) is 1. The Labute approximate surface area is 125 Å². The summed E-state index contributed by atoms with van der Waals surface area (Å²) in [4.78, 5) is 13.9. The first kappa shape index (κ1) is 15.4. The fourth-order valence-corrected chi connectivity index (χ4v) is 2.63. The van der Waals surface area contributed by atoms with Gasteiger partial charge >= 0.3 is 0 Å². The number of nitrogens with zero attached hydrogens (tertiary/aromatic N) is 1. The van der Waals surface area contributed by atoms with Crippen molar-refractivity contribution in [3.8, 4) is 0 Å². The van der Waals surface area contributed by atoms with Crippen LogP contribution in [0.1, 0.15) is 12.5 Å². The van der Waals surface area contributed by atoms with E-state index in [9.17, 15) is 13.6 Å². The molecule has 1 aliphatic heterocycles. The van der Waals surface area contributed by atoms with Crippen LogP contribution < -0.4 is 0 Å². The third kappa shape index (κ3) is 3.76. The predicted molar refractivity (Wildman–Crippen MR) is 74.8 cm³/mol. The number of benzene rings is 1. The van der Waals surface area contributed by atoms with E-state index in [1.165, 1.54) is 6.07 Å². The van der Waals surface area contributed by atoms with Crippen LogP contribution in [0.5, 0.6) is 0 Å². The zero-order valence-corrected chi connectivity index (χ0v) is 12.7. The largest absolute Gasteiger partial charge is 0.371 e. The van der Waals surface area contributed by atoms with Crippen molar-refractivity contribution in [2.75, 3.05) is 18.4 Å². The number of rotatable bonds is 3. The quantitative estimate of drug-likeness (QED) is 0.786. The molecule has 0 N–H and O–H groups in total. The molecule has 0 spiro atoms. The maximum Gasteiger partial charge on any atom is 0.227 e. The summed E-state index contributed by atoms with van der Waals surface area (Å²) in [7, 11) is 0. The lowest BCUT2D eigenvalue weighted by molar-refractivity contribution is -0.142. The molecule has 6 heteroatoms. The summed E-state index contributed by atoms with van der Waals surface area (Å²) >= 11 is 3.34. The highest BCUT2D eigenvalue weighted by Gasteiger charge is 2.28. The van der Waals surface area contributed by atoms with Crippen molar-refractivity contribution in [2.24, 2.45) is 0 Å². The van der Waals surface area contributed by atoms with E-state index in [-0.39, 0.29) is 30.1 Å². The van der Waals surface area contributed by atoms with Crippen molar-refractivity contribution in [2.45, 2.75) is 25.6 Å². The Kier molecular flexibility index (Phi) is 5.10. The molecule has 0 bridgehead atoms. The van der Waals surface area contributed by atoms with Gasteiger partial charge in [-0.05, 0) is 18.6 Å². The monoisotopic (exact) mass is 347 g/mol. The first-order valence-electron chi connectivity index (χ1n) is 6.42. The van der Waals surface area contributed by atoms with Gasteiger partial charge in [-0.2, -0.15) is 0 Å². The lowest BCUT2D eigenvalue weighted by Crippen LogP contribution is -2.50. The van der Waals surface area contributed by atoms with E-state index < -0.39 is 11.6 Å². The molecule has 1 aromatic rings. The van der Waals surface area contributed by atoms with Crippen LogP contribution in [0, 0.1) is 11.6 Å². The first-order chi connectivity index (χ1) is 9.49. The molecule has 2 rings (SSSR count). The summed E-state index contributed by atoms with van der Waals surface area (Å²) < 4.78 is 32.0. The van der Waals surface area contributed by atoms with E-state index in [2.05, 4.69) is 15.9 Å². The standard InChI is InChI=1S/C14H16BrF2NO2/c1-9-7-18(8-12(6-15)20-9)14(19)4-10-2-3-11(16)5-13(10)17/h2-3,5,9,12H,4,6-8H2,1H3. The first-order valence-corrected chi connectivity index (χ1v) is 7.55. The van der Waals surface area contributed by atoms with Gasteiger partial charge in [-0.25, -0.2) is 8.78 Å². The van der Waals surface area contributed by atoms with Crippen molar-refractivity contribution >= 4 is 21.8 Å². The number of carbonyl (C=O) groups is 1. The molecular formula is C14H16BrF2NO2. The summed E-state index contributed by atoms with van der Waals surface area (Å²) in [6.07, 6.45) is -0.164. The molecule has 0 saturated carbocycles. The topological polar surface area (TPSA) is 29.5 Å². The van der Waals surface area contributed by atoms with Crippen LogP contribution in [-0.4, -0.2) is 41.4 Å². The van der Waals surface area contributed by atoms with Gasteiger partial charge in [-0.3, -0.25) is 4.79 Å². The molecule has 1 fully saturated rings. The lowest BCUT2D eigenvalue weighted by atomic mass is 10.1. The summed E-state index contributed by atoms with van der Waals surface area (Å²) in [6.45, 7) is 2.87. The number of halogens is 3. The van der Waals surface area contributed by atoms with Gasteiger partial charge in [0.2, 0.25) is 5.91 Å². The van der Waals surface area contributed by atoms with Crippen LogP contribution in [0.15, 0.2) is 18.2 Å². The van der Waals surface area contributed by atoms with E-state index in [4.69, 9.17) is 4.74 Å². The maximum absolute atomic E-state index is 13.6. The minimum absolute atomic E-state index is 0.0479. The van der Waals surface area contributed by atoms with Crippen LogP contribution in [0.3, 0.4) is 0 Å². The molecule has 1 saturated heterocycles. The van der Waals surface area contributed by atoms with Crippen molar-refractivity contribution in [1.29, 1.82) is 0 Å². The van der Waals surface area contributed by atoms with Crippen molar-refractivity contribution < 1.29 is 18.3 Å². The van der Waals surface area contributed by atoms with Crippen molar-refractivity contribution in [1.82, 2.24) is 4.90 Å². The van der Waals surface area contributed by atoms with Gasteiger partial charge < -0.3 is 9.64 Å². The normalized spacial score (nSPS) is 22.9. The fraction of sp³-hybridized carbons (Fsp3) is 0.500. The van der Waals surface area contributed by atoms with E-state index in [1.54, 1.807) is 4.90 Å². The third-order valence-corrected chi connectivity index (χ3v) is 3.93. The second-order valence-electron chi connectivity index (χ2n) is 4.93. The third-order valence-electron chi connectivity index (χ3n) is 3.21. The maximum atomic E-state index is 13.6. The summed E-state index contributed by atoms with van der Waals surface area (Å²) in [5, 5.41) is 0.645. The van der Waals surface area contributed by atoms with Gasteiger partial charge in [0.05, 0.1) is 18.6 Å². The lowest BCUT2D eigenvalue weighted by Gasteiger charge is -2.36. The molecule has 2 unspecified atom stereocenters. The molecule has 0 radical (unpaired) electrons. The fourth-order valence-electron chi connectivity index (χ4n) is 2.27. The van der Waals surface area contributed by atoms with Crippen molar-refractivity contribution in [3.63, 3.8) is 0 Å². The number of amides is 1. The number of alkyl halides is 1. The summed E-state index contributed by atoms with van der Waals surface area (Å²) in [6, 6.07) is 3.27. The molecule has 2 atom stereocenters. The molecule has 110 valence electrons. The number of carbonyl (C=O) groups excluding carboxylic acids is 1. The van der Waals surface area contributed by atoms with Gasteiger partial charge in [-0.15, -0.1) is 0 Å². The Balaban J connectivity index is 2.03. The molecule has 3 nitrogen and oxygen atoms in total. The highest BCUT2D eigenvalue weighted by Crippen LogP contribution is 2.16. The number of hydrogen-bond donors (Lipinski definition) is 0. The van der Waals surface area contributed by atoms with Gasteiger partial charge in [0.1, 0.15) is 11.6 Å². The molecule has 20 heavy (non-hydrogen) atoms. The average molecular weight is 348 g/mol. The molecule has 0 aliphatic carbocycles. The van der Waals surface area contributed by atoms with E-state index in [0.717, 1.165) is 12.1 Å². The average Bonchev–Trinajstić information content (AvgIpc) is 2.41. The molecule has 1 aliphatic rings. The Morgan fingerprint density at radius 3 is 2.85 bits per heavy atom. The summed E-state index contributed by atoms with van der Waals surface area (Å²) in [5.74, 6) is -1.49. The van der Waals surface area contributed by atoms with Gasteiger partial charge in [0.25, 0.3) is 0 Å². The van der Waals surface area contributed by atoms with E-state index >= 15 is 0 Å². The Morgan fingerprint density at radius 1 is 1.45 bits per heavy atom. The Bertz CT molecular complexity index is 498. The number of hydrogen-bond acceptors (Lipinski definition) is 2. The van der Waals surface area contributed by atoms with E-state index in [1.807, 2.05) is 6.92 Å². The van der Waals surface area contributed by atoms with Crippen LogP contribution in [0.4, 0.5) is 8.78 Å². The number of morpholine rings is 1. The second kappa shape index (κ2) is 6.63. The molecular weight excluding hydrogens is 332 g/mol. The highest BCUT2D eigenvalue weighted by atomic mass is 79.9. The highest BCUT2D eigenvalue weighted by molar-refractivity contribution is 9.09. The molecule has 0 aromatic heterocycles. The van der Waals surface area contributed by atoms with E-state index in [0.29, 0.717) is 18.4 Å². The predicted octanol–water partition coefficient (Wildman–Crippen LogP) is 2.52. The molecule has 1 heterocycles. The van der Waals surface area contributed by atoms with Gasteiger partial charge in [0.15, 0.2) is 0 Å². The van der Waals surface area contributed by atoms with Gasteiger partial charge in [0, 0.05) is 24.5 Å². The second-order valence-corrected chi connectivity index (χ2v) is 5.58. The van der Waals surface area contributed by atoms with Crippen molar-refractivity contribution in [3.05, 3.63) is 35.4 Å². The molecule has 1 aromatic carbocycles. The Hall–Kier alpha value is -1.01. The van der Waals surface area contributed by atoms with Crippen LogP contribution >= 0.6 is 15.9 Å². The SMILES string of the molecule is CC1CN(C(=O)Cc2ccc(F)cc2F)CC(CBr)O1. The minimum Gasteiger partial charge on any atom is -0.371 e. The van der Waals surface area contributed by atoms with Crippen LogP contribution in [-0.2, 0) is 16.0 Å². The van der Waals surface area contributed by atoms with Gasteiger partial charge in [-0.1, -0.05) is 22.0 Å². The summed E-state index contributed by atoms with van der Waals surface area (Å²) in [5.41, 5.74) is 0.214. The van der Waals surface area contributed by atoms with Crippen LogP contribution in [0.25, 0.3) is 0 Å². The van der Waals surface area contributed by atoms with Crippen LogP contribution in [0.2, 0.25) is 0 Å². The smallest absolute Gasteiger partial charge is 0.227 e. The molecule has 1 amide bonds. The zero-order valence-electron chi connectivity index (χ0n) is 11.1. The zero-order chi connectivity index (χ0) is 14.7. The Morgan fingerprint density at radius 2 is 2.20 bits per heavy atom.